The molecular formula is C21H24N4O3. The van der Waals surface area contributed by atoms with E-state index >= 15 is 0 Å². The van der Waals surface area contributed by atoms with Crippen molar-refractivity contribution < 1.29 is 14.3 Å². The fourth-order valence-electron chi connectivity index (χ4n) is 2.40. The van der Waals surface area contributed by atoms with Gasteiger partial charge in [0, 0.05) is 11.4 Å². The number of amides is 1. The molecule has 2 aromatic rings. The number of hydrogen-bond acceptors (Lipinski definition) is 6. The predicted octanol–water partition coefficient (Wildman–Crippen LogP) is 2.45. The first kappa shape index (κ1) is 20.7. The van der Waals surface area contributed by atoms with Gasteiger partial charge in [0.1, 0.15) is 0 Å². The van der Waals surface area contributed by atoms with Crippen LogP contribution in [-0.4, -0.2) is 24.2 Å². The zero-order chi connectivity index (χ0) is 20.5. The molecule has 2 rings (SSSR count). The Labute approximate surface area is 164 Å². The summed E-state index contributed by atoms with van der Waals surface area (Å²) in [7, 11) is 0. The molecule has 0 atom stereocenters. The number of para-hydroxylation sites is 1. The largest absolute Gasteiger partial charge is 0.455 e. The van der Waals surface area contributed by atoms with Crippen LogP contribution in [0, 0.1) is 0 Å². The van der Waals surface area contributed by atoms with Crippen molar-refractivity contribution in [3.8, 4) is 0 Å². The average molecular weight is 380 g/mol. The summed E-state index contributed by atoms with van der Waals surface area (Å²) >= 11 is 0. The predicted molar refractivity (Wildman–Crippen MR) is 110 cm³/mol. The number of nitrogens with one attached hydrogen (secondary N) is 1. The molecule has 0 heterocycles. The first-order chi connectivity index (χ1) is 13.3. The third kappa shape index (κ3) is 6.60. The molecule has 0 aromatic heterocycles. The molecule has 146 valence electrons. The van der Waals surface area contributed by atoms with E-state index in [4.69, 9.17) is 16.2 Å². The number of esters is 1. The van der Waals surface area contributed by atoms with Gasteiger partial charge in [-0.15, -0.1) is 0 Å². The first-order valence-corrected chi connectivity index (χ1v) is 8.72. The van der Waals surface area contributed by atoms with Crippen LogP contribution in [-0.2, 0) is 20.7 Å². The molecule has 5 N–H and O–H groups in total. The van der Waals surface area contributed by atoms with Gasteiger partial charge in [0.15, 0.2) is 6.61 Å². The van der Waals surface area contributed by atoms with Crippen molar-refractivity contribution in [3.05, 3.63) is 71.6 Å². The molecule has 7 heteroatoms. The highest BCUT2D eigenvalue weighted by atomic mass is 16.5. The van der Waals surface area contributed by atoms with Gasteiger partial charge in [-0.3, -0.25) is 14.6 Å². The molecule has 0 aliphatic heterocycles. The normalized spacial score (nSPS) is 12.1. The molecule has 0 unspecified atom stereocenters. The molecule has 2 aromatic carbocycles. The summed E-state index contributed by atoms with van der Waals surface area (Å²) in [5, 5.41) is 2.65. The second-order valence-electron chi connectivity index (χ2n) is 6.22. The van der Waals surface area contributed by atoms with Crippen LogP contribution in [0.15, 0.2) is 71.0 Å². The Morgan fingerprint density at radius 2 is 1.68 bits per heavy atom. The molecule has 0 aliphatic carbocycles. The monoisotopic (exact) mass is 380 g/mol. The summed E-state index contributed by atoms with van der Waals surface area (Å²) in [6, 6.07) is 16.2. The van der Waals surface area contributed by atoms with Gasteiger partial charge in [-0.2, -0.15) is 0 Å². The highest BCUT2D eigenvalue weighted by Gasteiger charge is 2.13. The Bertz CT molecular complexity index is 884. The number of carbonyl (C=O) groups is 2. The number of ether oxygens (including phenoxy) is 1. The van der Waals surface area contributed by atoms with Crippen molar-refractivity contribution in [2.24, 2.45) is 10.7 Å². The van der Waals surface area contributed by atoms with Crippen LogP contribution < -0.4 is 16.8 Å². The summed E-state index contributed by atoms with van der Waals surface area (Å²) in [4.78, 5) is 28.5. The van der Waals surface area contributed by atoms with Gasteiger partial charge < -0.3 is 21.5 Å². The molecule has 0 radical (unpaired) electrons. The molecule has 0 saturated carbocycles. The maximum atomic E-state index is 12.2. The Hall–Kier alpha value is -3.61. The molecular weight excluding hydrogens is 356 g/mol. The number of aliphatic imine (C=N–C) groups is 1. The van der Waals surface area contributed by atoms with Crippen LogP contribution in [0.4, 0.5) is 11.4 Å². The molecule has 1 amide bonds. The second kappa shape index (κ2) is 9.91. The summed E-state index contributed by atoms with van der Waals surface area (Å²) in [5.74, 6) is -1.00. The zero-order valence-corrected chi connectivity index (χ0v) is 15.9. The number of allylic oxidation sites excluding steroid dienone is 2. The highest BCUT2D eigenvalue weighted by Crippen LogP contribution is 2.12. The quantitative estimate of drug-likeness (QED) is 0.387. The van der Waals surface area contributed by atoms with Gasteiger partial charge in [-0.25, -0.2) is 0 Å². The number of hydrogen-bond donors (Lipinski definition) is 3. The number of anilines is 1. The lowest BCUT2D eigenvalue weighted by atomic mass is 10.1. The fourth-order valence-corrected chi connectivity index (χ4v) is 2.40. The van der Waals surface area contributed by atoms with E-state index in [0.29, 0.717) is 22.8 Å². The molecule has 0 fully saturated rings. The Morgan fingerprint density at radius 1 is 1.04 bits per heavy atom. The number of rotatable bonds is 7. The molecule has 28 heavy (non-hydrogen) atoms. The van der Waals surface area contributed by atoms with Crippen molar-refractivity contribution in [1.29, 1.82) is 0 Å². The van der Waals surface area contributed by atoms with Gasteiger partial charge in [-0.1, -0.05) is 30.3 Å². The van der Waals surface area contributed by atoms with E-state index in [1.807, 2.05) is 30.3 Å². The highest BCUT2D eigenvalue weighted by molar-refractivity contribution is 6.03. The lowest BCUT2D eigenvalue weighted by Crippen LogP contribution is -2.32. The fraction of sp³-hybridized carbons (Fsp3) is 0.190. The number of carbonyl (C=O) groups excluding carboxylic acids is 2. The lowest BCUT2D eigenvalue weighted by Gasteiger charge is -2.12. The summed E-state index contributed by atoms with van der Waals surface area (Å²) < 4.78 is 5.03. The molecule has 0 saturated heterocycles. The van der Waals surface area contributed by atoms with E-state index in [-0.39, 0.29) is 6.42 Å². The number of nitrogen functional groups attached to an aromatic ring is 1. The minimum atomic E-state index is -0.510. The van der Waals surface area contributed by atoms with Crippen LogP contribution in [0.25, 0.3) is 0 Å². The maximum Gasteiger partial charge on any atom is 0.310 e. The van der Waals surface area contributed by atoms with Crippen LogP contribution in [0.2, 0.25) is 0 Å². The van der Waals surface area contributed by atoms with Crippen LogP contribution in [0.5, 0.6) is 0 Å². The third-order valence-corrected chi connectivity index (χ3v) is 3.77. The van der Waals surface area contributed by atoms with Gasteiger partial charge in [0.05, 0.1) is 23.5 Å². The smallest absolute Gasteiger partial charge is 0.310 e. The molecule has 0 aliphatic rings. The average Bonchev–Trinajstić information content (AvgIpc) is 2.66. The second-order valence-corrected chi connectivity index (χ2v) is 6.22. The van der Waals surface area contributed by atoms with Crippen LogP contribution >= 0.6 is 0 Å². The third-order valence-electron chi connectivity index (χ3n) is 3.77. The summed E-state index contributed by atoms with van der Waals surface area (Å²) in [6.07, 6.45) is 0.0562. The number of benzene rings is 2. The standard InChI is InChI=1S/C21H24N4O3/c1-14(22)21(15(2)24-18-6-4-3-5-7-18)25-19(26)13-28-20(27)12-16-8-10-17(23)11-9-16/h3-11H,12-13,22-23H2,1-2H3,(H,25,26). The van der Waals surface area contributed by atoms with E-state index in [9.17, 15) is 9.59 Å². The van der Waals surface area contributed by atoms with Crippen LogP contribution in [0.1, 0.15) is 19.4 Å². The SMILES string of the molecule is CC(=Nc1ccccc1)C(NC(=O)COC(=O)Cc1ccc(N)cc1)=C(C)N. The van der Waals surface area contributed by atoms with E-state index < -0.39 is 18.5 Å². The van der Waals surface area contributed by atoms with E-state index in [1.165, 1.54) is 0 Å². The Kier molecular flexibility index (Phi) is 7.33. The van der Waals surface area contributed by atoms with Gasteiger partial charge >= 0.3 is 5.97 Å². The molecule has 0 spiro atoms. The van der Waals surface area contributed by atoms with E-state index in [1.54, 1.807) is 38.1 Å². The van der Waals surface area contributed by atoms with E-state index in [2.05, 4.69) is 10.3 Å². The van der Waals surface area contributed by atoms with Gasteiger partial charge in [0.25, 0.3) is 5.91 Å². The zero-order valence-electron chi connectivity index (χ0n) is 15.9. The van der Waals surface area contributed by atoms with Crippen molar-refractivity contribution in [2.45, 2.75) is 20.3 Å². The van der Waals surface area contributed by atoms with Crippen molar-refractivity contribution in [3.63, 3.8) is 0 Å². The first-order valence-electron chi connectivity index (χ1n) is 8.72. The van der Waals surface area contributed by atoms with Gasteiger partial charge in [0.2, 0.25) is 0 Å². The van der Waals surface area contributed by atoms with Crippen molar-refractivity contribution >= 4 is 29.0 Å². The van der Waals surface area contributed by atoms with Crippen molar-refractivity contribution in [1.82, 2.24) is 5.32 Å². The number of nitrogens with zero attached hydrogens (tertiary/aromatic N) is 1. The summed E-state index contributed by atoms with van der Waals surface area (Å²) in [6.45, 7) is 2.99. The minimum Gasteiger partial charge on any atom is -0.455 e. The van der Waals surface area contributed by atoms with Gasteiger partial charge in [-0.05, 0) is 43.7 Å². The van der Waals surface area contributed by atoms with E-state index in [0.717, 1.165) is 11.3 Å². The maximum absolute atomic E-state index is 12.2. The number of nitrogens with two attached hydrogens (primary N) is 2. The Morgan fingerprint density at radius 3 is 2.29 bits per heavy atom. The Balaban J connectivity index is 1.92. The van der Waals surface area contributed by atoms with Crippen LogP contribution in [0.3, 0.4) is 0 Å². The molecule has 0 bridgehead atoms. The summed E-state index contributed by atoms with van der Waals surface area (Å²) in [5.41, 5.74) is 14.9. The van der Waals surface area contributed by atoms with Crippen molar-refractivity contribution in [2.75, 3.05) is 12.3 Å². The lowest BCUT2D eigenvalue weighted by molar-refractivity contribution is -0.147. The minimum absolute atomic E-state index is 0.0562. The molecule has 7 nitrogen and oxygen atoms in total. The topological polar surface area (TPSA) is 120 Å².